The average molecular weight is 343 g/mol. The molecule has 1 aliphatic heterocycles. The number of pyridine rings is 1. The summed E-state index contributed by atoms with van der Waals surface area (Å²) in [7, 11) is 0. The summed E-state index contributed by atoms with van der Waals surface area (Å²) in [6, 6.07) is 20.4. The van der Waals surface area contributed by atoms with Crippen LogP contribution < -0.4 is 4.74 Å². The van der Waals surface area contributed by atoms with Crippen molar-refractivity contribution in [3.05, 3.63) is 71.9 Å². The second-order valence-corrected chi connectivity index (χ2v) is 6.79. The Morgan fingerprint density at radius 2 is 2.12 bits per heavy atom. The molecule has 1 aromatic heterocycles. The number of benzene rings is 2. The zero-order valence-corrected chi connectivity index (χ0v) is 14.8. The third-order valence-electron chi connectivity index (χ3n) is 5.03. The summed E-state index contributed by atoms with van der Waals surface area (Å²) >= 11 is 0. The van der Waals surface area contributed by atoms with Crippen molar-refractivity contribution in [3.63, 3.8) is 0 Å². The van der Waals surface area contributed by atoms with Crippen LogP contribution in [-0.2, 0) is 0 Å². The SMILES string of the molecule is CC1CCCN1C(Oc1ccc2cccnc2c1)c1cccc(C#N)c1. The minimum absolute atomic E-state index is 0.207. The van der Waals surface area contributed by atoms with Crippen molar-refractivity contribution in [2.24, 2.45) is 0 Å². The maximum atomic E-state index is 9.26. The van der Waals surface area contributed by atoms with Gasteiger partial charge in [-0.05, 0) is 50.1 Å². The number of likely N-dealkylation sites (tertiary alicyclic amines) is 1. The molecule has 0 aliphatic carbocycles. The Bertz CT molecular complexity index is 963. The molecule has 3 aromatic rings. The highest BCUT2D eigenvalue weighted by Gasteiger charge is 2.30. The summed E-state index contributed by atoms with van der Waals surface area (Å²) in [6.45, 7) is 3.23. The van der Waals surface area contributed by atoms with Crippen LogP contribution in [0.3, 0.4) is 0 Å². The Balaban J connectivity index is 1.70. The fourth-order valence-electron chi connectivity index (χ4n) is 3.64. The molecule has 0 saturated carbocycles. The Kier molecular flexibility index (Phi) is 4.55. The van der Waals surface area contributed by atoms with Crippen LogP contribution in [0, 0.1) is 11.3 Å². The van der Waals surface area contributed by atoms with E-state index in [4.69, 9.17) is 4.74 Å². The molecule has 0 spiro atoms. The van der Waals surface area contributed by atoms with Gasteiger partial charge in [0.05, 0.1) is 17.1 Å². The van der Waals surface area contributed by atoms with Crippen molar-refractivity contribution in [2.45, 2.75) is 32.0 Å². The van der Waals surface area contributed by atoms with Gasteiger partial charge in [0.2, 0.25) is 0 Å². The van der Waals surface area contributed by atoms with Crippen molar-refractivity contribution in [2.75, 3.05) is 6.54 Å². The van der Waals surface area contributed by atoms with Crippen molar-refractivity contribution < 1.29 is 4.74 Å². The number of aromatic nitrogens is 1. The molecule has 1 saturated heterocycles. The molecule has 2 unspecified atom stereocenters. The van der Waals surface area contributed by atoms with E-state index in [1.807, 2.05) is 54.6 Å². The second kappa shape index (κ2) is 7.15. The van der Waals surface area contributed by atoms with E-state index in [9.17, 15) is 5.26 Å². The molecular weight excluding hydrogens is 322 g/mol. The molecule has 4 nitrogen and oxygen atoms in total. The Hall–Kier alpha value is -2.90. The maximum Gasteiger partial charge on any atom is 0.179 e. The predicted molar refractivity (Wildman–Crippen MR) is 102 cm³/mol. The van der Waals surface area contributed by atoms with Crippen LogP contribution >= 0.6 is 0 Å². The van der Waals surface area contributed by atoms with Crippen LogP contribution in [0.15, 0.2) is 60.8 Å². The lowest BCUT2D eigenvalue weighted by molar-refractivity contribution is 0.0186. The van der Waals surface area contributed by atoms with Gasteiger partial charge in [-0.3, -0.25) is 9.88 Å². The molecule has 0 N–H and O–H groups in total. The van der Waals surface area contributed by atoms with Gasteiger partial charge >= 0.3 is 0 Å². The van der Waals surface area contributed by atoms with Gasteiger partial charge in [-0.15, -0.1) is 0 Å². The monoisotopic (exact) mass is 343 g/mol. The van der Waals surface area contributed by atoms with Gasteiger partial charge in [-0.25, -0.2) is 0 Å². The smallest absolute Gasteiger partial charge is 0.179 e. The lowest BCUT2D eigenvalue weighted by atomic mass is 10.1. The van der Waals surface area contributed by atoms with Crippen molar-refractivity contribution in [3.8, 4) is 11.8 Å². The topological polar surface area (TPSA) is 49.1 Å². The van der Waals surface area contributed by atoms with Crippen LogP contribution in [0.25, 0.3) is 10.9 Å². The largest absolute Gasteiger partial charge is 0.471 e. The van der Waals surface area contributed by atoms with Crippen molar-refractivity contribution in [1.82, 2.24) is 9.88 Å². The first-order chi connectivity index (χ1) is 12.7. The first kappa shape index (κ1) is 16.6. The number of hydrogen-bond acceptors (Lipinski definition) is 4. The molecule has 2 heterocycles. The number of nitrogens with zero attached hydrogens (tertiary/aromatic N) is 3. The van der Waals surface area contributed by atoms with Gasteiger partial charge < -0.3 is 4.74 Å². The minimum Gasteiger partial charge on any atom is -0.471 e. The number of nitriles is 1. The fourth-order valence-corrected chi connectivity index (χ4v) is 3.64. The summed E-state index contributed by atoms with van der Waals surface area (Å²) in [4.78, 5) is 6.80. The molecule has 0 bridgehead atoms. The molecule has 26 heavy (non-hydrogen) atoms. The van der Waals surface area contributed by atoms with Crippen molar-refractivity contribution >= 4 is 10.9 Å². The predicted octanol–water partition coefficient (Wildman–Crippen LogP) is 4.67. The minimum atomic E-state index is -0.207. The lowest BCUT2D eigenvalue weighted by Gasteiger charge is -2.32. The van der Waals surface area contributed by atoms with Crippen LogP contribution in [0.4, 0.5) is 0 Å². The summed E-state index contributed by atoms with van der Waals surface area (Å²) in [5.41, 5.74) is 2.59. The molecule has 130 valence electrons. The third-order valence-corrected chi connectivity index (χ3v) is 5.03. The summed E-state index contributed by atoms with van der Waals surface area (Å²) in [5, 5.41) is 10.4. The molecule has 1 fully saturated rings. The first-order valence-electron chi connectivity index (χ1n) is 9.02. The van der Waals surface area contributed by atoms with E-state index in [0.29, 0.717) is 11.6 Å². The van der Waals surface area contributed by atoms with Gasteiger partial charge in [-0.2, -0.15) is 5.26 Å². The lowest BCUT2D eigenvalue weighted by Crippen LogP contribution is -2.35. The van der Waals surface area contributed by atoms with Crippen LogP contribution in [0.2, 0.25) is 0 Å². The highest BCUT2D eigenvalue weighted by atomic mass is 16.5. The zero-order chi connectivity index (χ0) is 17.9. The molecule has 1 aliphatic rings. The number of hydrogen-bond donors (Lipinski definition) is 0. The normalized spacial score (nSPS) is 18.5. The van der Waals surface area contributed by atoms with E-state index >= 15 is 0 Å². The van der Waals surface area contributed by atoms with E-state index in [1.165, 1.54) is 0 Å². The van der Waals surface area contributed by atoms with Gasteiger partial charge in [0.15, 0.2) is 6.23 Å². The highest BCUT2D eigenvalue weighted by molar-refractivity contribution is 5.79. The van der Waals surface area contributed by atoms with E-state index in [2.05, 4.69) is 22.9 Å². The van der Waals surface area contributed by atoms with Gasteiger partial charge in [0.25, 0.3) is 0 Å². The maximum absolute atomic E-state index is 9.26. The van der Waals surface area contributed by atoms with Crippen molar-refractivity contribution in [1.29, 1.82) is 5.26 Å². The van der Waals surface area contributed by atoms with Crippen LogP contribution in [0.5, 0.6) is 5.75 Å². The molecular formula is C22H21N3O. The molecule has 0 amide bonds. The van der Waals surface area contributed by atoms with Gasteiger partial charge in [0, 0.05) is 35.8 Å². The third kappa shape index (κ3) is 3.26. The molecule has 4 rings (SSSR count). The molecule has 2 aromatic carbocycles. The molecule has 2 atom stereocenters. The zero-order valence-electron chi connectivity index (χ0n) is 14.8. The quantitative estimate of drug-likeness (QED) is 0.691. The van der Waals surface area contributed by atoms with Crippen LogP contribution in [-0.4, -0.2) is 22.5 Å². The summed E-state index contributed by atoms with van der Waals surface area (Å²) < 4.78 is 6.44. The Morgan fingerprint density at radius 1 is 1.19 bits per heavy atom. The average Bonchev–Trinajstić information content (AvgIpc) is 3.11. The van der Waals surface area contributed by atoms with Crippen LogP contribution in [0.1, 0.15) is 37.1 Å². The van der Waals surface area contributed by atoms with E-state index in [1.54, 1.807) is 6.20 Å². The van der Waals surface area contributed by atoms with Gasteiger partial charge in [-0.1, -0.05) is 18.2 Å². The first-order valence-corrected chi connectivity index (χ1v) is 9.02. The molecule has 0 radical (unpaired) electrons. The fraction of sp³-hybridized carbons (Fsp3) is 0.273. The number of fused-ring (bicyclic) bond motifs is 1. The highest BCUT2D eigenvalue weighted by Crippen LogP contribution is 2.33. The van der Waals surface area contributed by atoms with E-state index in [0.717, 1.165) is 41.6 Å². The summed E-state index contributed by atoms with van der Waals surface area (Å²) in [6.07, 6.45) is 3.92. The standard InChI is InChI=1S/C22H21N3O/c1-16-5-4-12-25(16)22(19-7-2-6-17(13-19)15-23)26-20-10-9-18-8-3-11-24-21(18)14-20/h2-3,6-11,13-14,16,22H,4-5,12H2,1H3. The number of ether oxygens (including phenoxy) is 1. The van der Waals surface area contributed by atoms with E-state index in [-0.39, 0.29) is 6.23 Å². The Morgan fingerprint density at radius 3 is 2.92 bits per heavy atom. The van der Waals surface area contributed by atoms with E-state index < -0.39 is 0 Å². The second-order valence-electron chi connectivity index (χ2n) is 6.79. The summed E-state index contributed by atoms with van der Waals surface area (Å²) in [5.74, 6) is 0.794. The molecule has 4 heteroatoms. The number of rotatable bonds is 4. The Labute approximate surface area is 153 Å². The van der Waals surface area contributed by atoms with Gasteiger partial charge in [0.1, 0.15) is 5.75 Å².